The van der Waals surface area contributed by atoms with Crippen molar-refractivity contribution < 1.29 is 14.3 Å². The monoisotopic (exact) mass is 470 g/mol. The molecule has 1 atom stereocenters. The van der Waals surface area contributed by atoms with Crippen LogP contribution in [0.1, 0.15) is 34.5 Å². The minimum atomic E-state index is -1.03. The van der Waals surface area contributed by atoms with Crippen molar-refractivity contribution in [3.8, 4) is 11.5 Å². The zero-order valence-electron chi connectivity index (χ0n) is 19.4. The number of anilines is 1. The molecule has 3 N–H and O–H groups in total. The summed E-state index contributed by atoms with van der Waals surface area (Å²) in [5.41, 5.74) is 3.93. The van der Waals surface area contributed by atoms with Crippen molar-refractivity contribution in [1.29, 1.82) is 0 Å². The summed E-state index contributed by atoms with van der Waals surface area (Å²) in [6, 6.07) is 16.3. The van der Waals surface area contributed by atoms with Gasteiger partial charge in [-0.15, -0.1) is 0 Å². The highest BCUT2D eigenvalue weighted by Crippen LogP contribution is 2.30. The molecule has 35 heavy (non-hydrogen) atoms. The predicted octanol–water partition coefficient (Wildman–Crippen LogP) is 5.40. The summed E-state index contributed by atoms with van der Waals surface area (Å²) in [7, 11) is 1.66. The van der Waals surface area contributed by atoms with Gasteiger partial charge in [-0.25, -0.2) is 14.2 Å². The summed E-state index contributed by atoms with van der Waals surface area (Å²) < 4.78 is 15.2. The summed E-state index contributed by atoms with van der Waals surface area (Å²) in [4.78, 5) is 33.1. The van der Waals surface area contributed by atoms with Gasteiger partial charge in [-0.05, 0) is 61.9 Å². The fraction of sp³-hybridized carbons (Fsp3) is 0.148. The van der Waals surface area contributed by atoms with Gasteiger partial charge in [0, 0.05) is 29.2 Å². The zero-order chi connectivity index (χ0) is 24.9. The number of aromatic carboxylic acids is 1. The number of rotatable bonds is 5. The Morgan fingerprint density at radius 1 is 1.14 bits per heavy atom. The van der Waals surface area contributed by atoms with Crippen LogP contribution in [0.2, 0.25) is 0 Å². The van der Waals surface area contributed by atoms with Gasteiger partial charge in [-0.1, -0.05) is 18.2 Å². The van der Waals surface area contributed by atoms with E-state index < -0.39 is 5.97 Å². The molecule has 3 aromatic carbocycles. The van der Waals surface area contributed by atoms with Crippen LogP contribution in [-0.4, -0.2) is 25.6 Å². The molecule has 0 aliphatic heterocycles. The fourth-order valence-corrected chi connectivity index (χ4v) is 4.45. The predicted molar refractivity (Wildman–Crippen MR) is 134 cm³/mol. The lowest BCUT2D eigenvalue weighted by atomic mass is 10.0. The molecule has 0 aliphatic carbocycles. The largest absolute Gasteiger partial charge is 0.478 e. The highest BCUT2D eigenvalue weighted by atomic mass is 19.1. The molecule has 2 heterocycles. The van der Waals surface area contributed by atoms with Crippen molar-refractivity contribution in [2.75, 3.05) is 5.32 Å². The summed E-state index contributed by atoms with van der Waals surface area (Å²) in [6.07, 6.45) is 0. The van der Waals surface area contributed by atoms with E-state index in [0.717, 1.165) is 16.6 Å². The molecule has 176 valence electrons. The molecule has 5 rings (SSSR count). The number of aromatic nitrogens is 3. The van der Waals surface area contributed by atoms with Gasteiger partial charge < -0.3 is 15.4 Å². The SMILES string of the molecule is Cc1cc(C(C)Nc2ccccc2C(=O)O)c2nc(-c3cc4cc(F)ccc4[nH]3)n(C)c(=O)c2c1. The second-order valence-corrected chi connectivity index (χ2v) is 8.68. The Morgan fingerprint density at radius 3 is 2.69 bits per heavy atom. The zero-order valence-corrected chi connectivity index (χ0v) is 19.4. The number of carboxylic acid groups (broad SMARTS) is 1. The van der Waals surface area contributed by atoms with Gasteiger partial charge >= 0.3 is 5.97 Å². The fourth-order valence-electron chi connectivity index (χ4n) is 4.45. The maximum atomic E-state index is 13.7. The molecule has 0 bridgehead atoms. The molecule has 5 aromatic rings. The van der Waals surface area contributed by atoms with Crippen molar-refractivity contribution in [2.24, 2.45) is 7.05 Å². The minimum Gasteiger partial charge on any atom is -0.478 e. The van der Waals surface area contributed by atoms with E-state index in [1.165, 1.54) is 22.8 Å². The van der Waals surface area contributed by atoms with E-state index in [9.17, 15) is 19.1 Å². The number of halogens is 1. The number of nitrogens with zero attached hydrogens (tertiary/aromatic N) is 2. The van der Waals surface area contributed by atoms with E-state index in [1.807, 2.05) is 19.9 Å². The van der Waals surface area contributed by atoms with Gasteiger partial charge in [0.2, 0.25) is 0 Å². The van der Waals surface area contributed by atoms with Gasteiger partial charge in [-0.2, -0.15) is 0 Å². The lowest BCUT2D eigenvalue weighted by Crippen LogP contribution is -2.22. The highest BCUT2D eigenvalue weighted by Gasteiger charge is 2.19. The summed E-state index contributed by atoms with van der Waals surface area (Å²) >= 11 is 0. The molecule has 0 spiro atoms. The number of para-hydroxylation sites is 1. The van der Waals surface area contributed by atoms with Crippen molar-refractivity contribution in [2.45, 2.75) is 19.9 Å². The second-order valence-electron chi connectivity index (χ2n) is 8.68. The number of benzene rings is 3. The summed E-state index contributed by atoms with van der Waals surface area (Å²) in [5.74, 6) is -0.955. The molecule has 0 saturated carbocycles. The van der Waals surface area contributed by atoms with Crippen molar-refractivity contribution >= 4 is 33.5 Å². The molecular weight excluding hydrogens is 447 g/mol. The molecule has 0 radical (unpaired) electrons. The van der Waals surface area contributed by atoms with Crippen LogP contribution in [0, 0.1) is 12.7 Å². The number of hydrogen-bond donors (Lipinski definition) is 3. The number of carboxylic acids is 1. The first-order valence-electron chi connectivity index (χ1n) is 11.1. The molecule has 0 amide bonds. The summed E-state index contributed by atoms with van der Waals surface area (Å²) in [5, 5.41) is 14.0. The first kappa shape index (κ1) is 22.3. The van der Waals surface area contributed by atoms with Crippen molar-refractivity contribution in [1.82, 2.24) is 14.5 Å². The number of nitrogens with one attached hydrogen (secondary N) is 2. The number of fused-ring (bicyclic) bond motifs is 2. The van der Waals surface area contributed by atoms with Gasteiger partial charge in [0.05, 0.1) is 28.2 Å². The van der Waals surface area contributed by atoms with Gasteiger partial charge in [0.15, 0.2) is 5.82 Å². The molecule has 7 nitrogen and oxygen atoms in total. The van der Waals surface area contributed by atoms with Crippen LogP contribution in [0.15, 0.2) is 65.5 Å². The number of H-pyrrole nitrogens is 1. The Labute approximate surface area is 199 Å². The Morgan fingerprint density at radius 2 is 1.91 bits per heavy atom. The average Bonchev–Trinajstić information content (AvgIpc) is 3.24. The standard InChI is InChI=1S/C27H23FN4O3/c1-14-10-19(15(2)29-22-7-5-4-6-18(22)27(34)35)24-20(11-14)26(33)32(3)25(31-24)23-13-16-12-17(28)8-9-21(16)30-23/h4-13,15,29-30H,1-3H3,(H,34,35). The van der Waals surface area contributed by atoms with Crippen LogP contribution >= 0.6 is 0 Å². The van der Waals surface area contributed by atoms with Crippen LogP contribution in [0.4, 0.5) is 10.1 Å². The minimum absolute atomic E-state index is 0.158. The number of hydrogen-bond acceptors (Lipinski definition) is 4. The third-order valence-electron chi connectivity index (χ3n) is 6.17. The van der Waals surface area contributed by atoms with E-state index in [0.29, 0.717) is 33.5 Å². The van der Waals surface area contributed by atoms with Crippen LogP contribution in [-0.2, 0) is 7.05 Å². The highest BCUT2D eigenvalue weighted by molar-refractivity contribution is 5.94. The van der Waals surface area contributed by atoms with Gasteiger partial charge in [0.25, 0.3) is 5.56 Å². The van der Waals surface area contributed by atoms with Crippen molar-refractivity contribution in [3.63, 3.8) is 0 Å². The Hall–Kier alpha value is -4.46. The molecular formula is C27H23FN4O3. The van der Waals surface area contributed by atoms with Gasteiger partial charge in [-0.3, -0.25) is 9.36 Å². The lowest BCUT2D eigenvalue weighted by Gasteiger charge is -2.20. The van der Waals surface area contributed by atoms with Crippen LogP contribution < -0.4 is 10.9 Å². The van der Waals surface area contributed by atoms with E-state index in [4.69, 9.17) is 4.98 Å². The molecule has 0 fully saturated rings. The molecule has 1 unspecified atom stereocenters. The lowest BCUT2D eigenvalue weighted by molar-refractivity contribution is 0.0698. The Bertz CT molecular complexity index is 1690. The molecule has 2 aromatic heterocycles. The second kappa shape index (κ2) is 8.39. The first-order chi connectivity index (χ1) is 16.7. The maximum absolute atomic E-state index is 13.7. The van der Waals surface area contributed by atoms with Gasteiger partial charge in [0.1, 0.15) is 5.82 Å². The normalized spacial score (nSPS) is 12.2. The maximum Gasteiger partial charge on any atom is 0.337 e. The molecule has 0 saturated heterocycles. The van der Waals surface area contributed by atoms with E-state index in [-0.39, 0.29) is 23.0 Å². The van der Waals surface area contributed by atoms with E-state index >= 15 is 0 Å². The third kappa shape index (κ3) is 3.93. The van der Waals surface area contributed by atoms with Crippen molar-refractivity contribution in [3.05, 3.63) is 93.5 Å². The van der Waals surface area contributed by atoms with E-state index in [1.54, 1.807) is 43.4 Å². The molecule has 0 aliphatic rings. The topological polar surface area (TPSA) is 100 Å². The number of carbonyl (C=O) groups is 1. The van der Waals surface area contributed by atoms with Crippen LogP contribution in [0.5, 0.6) is 0 Å². The van der Waals surface area contributed by atoms with Crippen LogP contribution in [0.3, 0.4) is 0 Å². The molecule has 8 heteroatoms. The quantitative estimate of drug-likeness (QED) is 0.319. The first-order valence-corrected chi connectivity index (χ1v) is 11.1. The van der Waals surface area contributed by atoms with Crippen LogP contribution in [0.25, 0.3) is 33.3 Å². The Kier molecular flexibility index (Phi) is 5.36. The number of aromatic amines is 1. The smallest absolute Gasteiger partial charge is 0.337 e. The van der Waals surface area contributed by atoms with E-state index in [2.05, 4.69) is 10.3 Å². The summed E-state index contributed by atoms with van der Waals surface area (Å²) in [6.45, 7) is 3.80. The number of aryl methyl sites for hydroxylation is 1. The average molecular weight is 471 g/mol. The Balaban J connectivity index is 1.68. The third-order valence-corrected chi connectivity index (χ3v) is 6.17.